The van der Waals surface area contributed by atoms with Gasteiger partial charge in [-0.15, -0.1) is 0 Å². The van der Waals surface area contributed by atoms with Crippen molar-refractivity contribution in [3.05, 3.63) is 52.1 Å². The van der Waals surface area contributed by atoms with Gasteiger partial charge in [0.25, 0.3) is 15.9 Å². The molecule has 1 amide bonds. The van der Waals surface area contributed by atoms with E-state index >= 15 is 0 Å². The average Bonchev–Trinajstić information content (AvgIpc) is 3.31. The lowest BCUT2D eigenvalue weighted by molar-refractivity contribution is -0.127. The molecule has 25 heavy (non-hydrogen) atoms. The van der Waals surface area contributed by atoms with Crippen LogP contribution in [0.3, 0.4) is 0 Å². The van der Waals surface area contributed by atoms with Gasteiger partial charge in [-0.25, -0.2) is 9.71 Å². The van der Waals surface area contributed by atoms with E-state index in [1.165, 1.54) is 6.07 Å². The first kappa shape index (κ1) is 17.9. The Balaban J connectivity index is 1.80. The van der Waals surface area contributed by atoms with Crippen molar-refractivity contribution in [2.24, 2.45) is 0 Å². The first-order valence-corrected chi connectivity index (χ1v) is 9.96. The molecule has 0 atom stereocenters. The zero-order valence-corrected chi connectivity index (χ0v) is 16.1. The van der Waals surface area contributed by atoms with Crippen LogP contribution in [-0.2, 0) is 14.8 Å². The molecule has 0 radical (unpaired) electrons. The summed E-state index contributed by atoms with van der Waals surface area (Å²) in [4.78, 5) is 16.5. The number of nitrogens with zero attached hydrogens (tertiary/aromatic N) is 1. The van der Waals surface area contributed by atoms with Crippen LogP contribution in [0, 0.1) is 13.8 Å². The Bertz CT molecular complexity index is 939. The maximum absolute atomic E-state index is 12.5. The van der Waals surface area contributed by atoms with Gasteiger partial charge in [0.2, 0.25) is 0 Å². The van der Waals surface area contributed by atoms with Crippen LogP contribution in [0.4, 0.5) is 0 Å². The summed E-state index contributed by atoms with van der Waals surface area (Å²) < 4.78 is 33.4. The minimum Gasteiger partial charge on any atom is -0.476 e. The van der Waals surface area contributed by atoms with Gasteiger partial charge < -0.3 is 4.74 Å². The molecule has 1 aliphatic rings. The first-order chi connectivity index (χ1) is 11.7. The number of halogens is 1. The molecule has 8 heteroatoms. The fraction of sp³-hybridized carbons (Fsp3) is 0.294. The number of nitrogens with one attached hydrogen (secondary N) is 1. The number of carbonyl (C=O) groups is 1. The number of hydrogen-bond donors (Lipinski definition) is 1. The van der Waals surface area contributed by atoms with Crippen molar-refractivity contribution in [2.75, 3.05) is 0 Å². The second-order valence-electron chi connectivity index (χ2n) is 6.08. The third-order valence-electron chi connectivity index (χ3n) is 3.88. The molecular weight excluding hydrogens is 408 g/mol. The second kappa shape index (κ2) is 6.42. The normalized spacial score (nSPS) is 15.5. The highest BCUT2D eigenvalue weighted by Gasteiger charge is 2.54. The number of hydrogen-bond acceptors (Lipinski definition) is 5. The van der Waals surface area contributed by atoms with Gasteiger partial charge in [-0.2, -0.15) is 8.42 Å². The third-order valence-corrected chi connectivity index (χ3v) is 5.76. The Morgan fingerprint density at radius 2 is 1.96 bits per heavy atom. The van der Waals surface area contributed by atoms with Crippen LogP contribution < -0.4 is 9.46 Å². The number of amides is 1. The molecule has 0 unspecified atom stereocenters. The van der Waals surface area contributed by atoms with Crippen molar-refractivity contribution < 1.29 is 17.9 Å². The highest BCUT2D eigenvalue weighted by Crippen LogP contribution is 2.43. The molecule has 1 aromatic carbocycles. The number of benzene rings is 1. The van der Waals surface area contributed by atoms with Gasteiger partial charge in [-0.1, -0.05) is 12.1 Å². The zero-order valence-electron chi connectivity index (χ0n) is 13.7. The molecule has 1 fully saturated rings. The van der Waals surface area contributed by atoms with Gasteiger partial charge >= 0.3 is 0 Å². The maximum Gasteiger partial charge on any atom is 0.281 e. The van der Waals surface area contributed by atoms with Crippen LogP contribution in [-0.4, -0.2) is 24.9 Å². The van der Waals surface area contributed by atoms with E-state index in [2.05, 4.69) is 25.6 Å². The summed E-state index contributed by atoms with van der Waals surface area (Å²) >= 11 is 3.38. The van der Waals surface area contributed by atoms with Crippen LogP contribution in [0.5, 0.6) is 5.75 Å². The smallest absolute Gasteiger partial charge is 0.281 e. The molecule has 3 rings (SSSR count). The topological polar surface area (TPSA) is 85.4 Å². The Kier molecular flexibility index (Phi) is 4.59. The van der Waals surface area contributed by atoms with Crippen molar-refractivity contribution in [1.29, 1.82) is 0 Å². The van der Waals surface area contributed by atoms with Gasteiger partial charge in [0, 0.05) is 18.5 Å². The van der Waals surface area contributed by atoms with Crippen LogP contribution in [0.2, 0.25) is 0 Å². The molecule has 1 heterocycles. The Hall–Kier alpha value is -1.93. The highest BCUT2D eigenvalue weighted by atomic mass is 79.9. The van der Waals surface area contributed by atoms with Crippen molar-refractivity contribution in [2.45, 2.75) is 37.3 Å². The van der Waals surface area contributed by atoms with Gasteiger partial charge in [-0.05, 0) is 59.6 Å². The maximum atomic E-state index is 12.5. The van der Waals surface area contributed by atoms with E-state index in [0.717, 1.165) is 5.56 Å². The minimum atomic E-state index is -4.04. The number of carbonyl (C=O) groups excluding carboxylic acids is 1. The SMILES string of the molecule is Cc1ccc(Br)c(OC2(C(=O)NS(=O)(=O)c3cccc(C)n3)CC2)c1. The van der Waals surface area contributed by atoms with E-state index in [1.807, 2.05) is 19.1 Å². The fourth-order valence-electron chi connectivity index (χ4n) is 2.32. The van der Waals surface area contributed by atoms with E-state index in [9.17, 15) is 13.2 Å². The van der Waals surface area contributed by atoms with Crippen LogP contribution >= 0.6 is 15.9 Å². The van der Waals surface area contributed by atoms with E-state index in [0.29, 0.717) is 28.8 Å². The van der Waals surface area contributed by atoms with E-state index < -0.39 is 21.5 Å². The van der Waals surface area contributed by atoms with E-state index in [-0.39, 0.29) is 5.03 Å². The summed E-state index contributed by atoms with van der Waals surface area (Å²) in [6.07, 6.45) is 0.909. The first-order valence-electron chi connectivity index (χ1n) is 7.68. The Morgan fingerprint density at radius 1 is 1.24 bits per heavy atom. The van der Waals surface area contributed by atoms with Crippen molar-refractivity contribution in [1.82, 2.24) is 9.71 Å². The lowest BCUT2D eigenvalue weighted by atomic mass is 10.2. The summed E-state index contributed by atoms with van der Waals surface area (Å²) in [6.45, 7) is 3.59. The number of rotatable bonds is 5. The molecule has 0 saturated heterocycles. The number of sulfonamides is 1. The molecule has 1 aromatic heterocycles. The predicted molar refractivity (Wildman–Crippen MR) is 95.8 cm³/mol. The van der Waals surface area contributed by atoms with Crippen LogP contribution in [0.15, 0.2) is 45.9 Å². The molecule has 1 aliphatic carbocycles. The van der Waals surface area contributed by atoms with Gasteiger partial charge in [0.1, 0.15) is 5.75 Å². The lowest BCUT2D eigenvalue weighted by Crippen LogP contribution is -2.43. The van der Waals surface area contributed by atoms with Crippen molar-refractivity contribution in [3.8, 4) is 5.75 Å². The molecule has 6 nitrogen and oxygen atoms in total. The summed E-state index contributed by atoms with van der Waals surface area (Å²) in [5, 5.41) is -0.187. The quantitative estimate of drug-likeness (QED) is 0.797. The van der Waals surface area contributed by atoms with Crippen LogP contribution in [0.25, 0.3) is 0 Å². The van der Waals surface area contributed by atoms with Gasteiger partial charge in [0.15, 0.2) is 10.6 Å². The summed E-state index contributed by atoms with van der Waals surface area (Å²) in [6, 6.07) is 10.1. The monoisotopic (exact) mass is 424 g/mol. The molecule has 132 valence electrons. The van der Waals surface area contributed by atoms with Crippen molar-refractivity contribution >= 4 is 31.9 Å². The third kappa shape index (κ3) is 3.85. The van der Waals surface area contributed by atoms with Gasteiger partial charge in [-0.3, -0.25) is 4.79 Å². The molecule has 1 saturated carbocycles. The van der Waals surface area contributed by atoms with Crippen LogP contribution in [0.1, 0.15) is 24.1 Å². The summed E-state index contributed by atoms with van der Waals surface area (Å²) in [7, 11) is -4.04. The Morgan fingerprint density at radius 3 is 2.60 bits per heavy atom. The predicted octanol–water partition coefficient (Wildman–Crippen LogP) is 2.88. The molecule has 1 N–H and O–H groups in total. The summed E-state index contributed by atoms with van der Waals surface area (Å²) in [5.74, 6) is -0.164. The van der Waals surface area contributed by atoms with Gasteiger partial charge in [0.05, 0.1) is 4.47 Å². The Labute approximate surface area is 154 Å². The van der Waals surface area contributed by atoms with E-state index in [1.54, 1.807) is 25.1 Å². The number of aromatic nitrogens is 1. The highest BCUT2D eigenvalue weighted by molar-refractivity contribution is 9.10. The van der Waals surface area contributed by atoms with E-state index in [4.69, 9.17) is 4.74 Å². The molecule has 0 spiro atoms. The largest absolute Gasteiger partial charge is 0.476 e. The number of aryl methyl sites for hydroxylation is 2. The second-order valence-corrected chi connectivity index (χ2v) is 8.57. The lowest BCUT2D eigenvalue weighted by Gasteiger charge is -2.19. The standard InChI is InChI=1S/C17H17BrN2O4S/c1-11-6-7-13(18)14(10-11)24-17(8-9-17)16(21)20-25(22,23)15-5-3-4-12(2)19-15/h3-7,10H,8-9H2,1-2H3,(H,20,21). The number of ether oxygens (including phenoxy) is 1. The summed E-state index contributed by atoms with van der Waals surface area (Å²) in [5.41, 5.74) is 0.370. The molecule has 0 bridgehead atoms. The minimum absolute atomic E-state index is 0.187. The zero-order chi connectivity index (χ0) is 18.2. The fourth-order valence-corrected chi connectivity index (χ4v) is 3.71. The molecule has 2 aromatic rings. The number of pyridine rings is 1. The molecule has 0 aliphatic heterocycles. The molecular formula is C17H17BrN2O4S. The van der Waals surface area contributed by atoms with Crippen molar-refractivity contribution in [3.63, 3.8) is 0 Å². The average molecular weight is 425 g/mol.